The third-order valence-corrected chi connectivity index (χ3v) is 6.14. The molecule has 0 bridgehead atoms. The van der Waals surface area contributed by atoms with Gasteiger partial charge in [0.15, 0.2) is 5.43 Å². The average Bonchev–Trinajstić information content (AvgIpc) is 3.08. The van der Waals surface area contributed by atoms with Gasteiger partial charge in [0.25, 0.3) is 5.91 Å². The van der Waals surface area contributed by atoms with Gasteiger partial charge in [0.1, 0.15) is 11.3 Å². The summed E-state index contributed by atoms with van der Waals surface area (Å²) in [4.78, 5) is 32.9. The van der Waals surface area contributed by atoms with Crippen molar-refractivity contribution in [2.45, 2.75) is 19.5 Å². The van der Waals surface area contributed by atoms with Crippen molar-refractivity contribution in [1.82, 2.24) is 9.88 Å². The van der Waals surface area contributed by atoms with Crippen molar-refractivity contribution >= 4 is 28.5 Å². The second-order valence-corrected chi connectivity index (χ2v) is 8.15. The Kier molecular flexibility index (Phi) is 4.94. The summed E-state index contributed by atoms with van der Waals surface area (Å²) in [6.45, 7) is 2.10. The number of amides is 1. The summed E-state index contributed by atoms with van der Waals surface area (Å²) in [6.07, 6.45) is 3.38. The normalized spacial score (nSPS) is 15.3. The molecule has 160 valence electrons. The first-order valence-electron chi connectivity index (χ1n) is 10.1. The second kappa shape index (κ2) is 7.80. The van der Waals surface area contributed by atoms with Crippen LogP contribution in [-0.2, 0) is 6.54 Å². The van der Waals surface area contributed by atoms with Crippen LogP contribution in [0.2, 0.25) is 5.02 Å². The van der Waals surface area contributed by atoms with E-state index in [4.69, 9.17) is 20.8 Å². The van der Waals surface area contributed by atoms with Gasteiger partial charge in [-0.05, 0) is 53.9 Å². The Morgan fingerprint density at radius 3 is 2.75 bits per heavy atom. The highest BCUT2D eigenvalue weighted by Crippen LogP contribution is 2.40. The highest BCUT2D eigenvalue weighted by molar-refractivity contribution is 6.32. The lowest BCUT2D eigenvalue weighted by Gasteiger charge is -2.25. The number of benzene rings is 2. The van der Waals surface area contributed by atoms with Gasteiger partial charge in [-0.15, -0.1) is 0 Å². The highest BCUT2D eigenvalue weighted by Gasteiger charge is 2.43. The number of ether oxygens (including phenoxy) is 1. The van der Waals surface area contributed by atoms with Crippen LogP contribution in [0.3, 0.4) is 0 Å². The Hall–Kier alpha value is -3.64. The lowest BCUT2D eigenvalue weighted by atomic mass is 9.98. The van der Waals surface area contributed by atoms with Crippen LogP contribution < -0.4 is 10.2 Å². The summed E-state index contributed by atoms with van der Waals surface area (Å²) in [5.74, 6) is 0.345. The van der Waals surface area contributed by atoms with E-state index in [1.54, 1.807) is 36.5 Å². The van der Waals surface area contributed by atoms with Crippen LogP contribution in [0, 0.1) is 6.92 Å². The second-order valence-electron chi connectivity index (χ2n) is 7.75. The molecule has 0 aliphatic carbocycles. The fourth-order valence-corrected chi connectivity index (χ4v) is 4.31. The lowest BCUT2D eigenvalue weighted by molar-refractivity contribution is 0.0714. The minimum atomic E-state index is -0.631. The van der Waals surface area contributed by atoms with Gasteiger partial charge in [0.2, 0.25) is 5.76 Å². The van der Waals surface area contributed by atoms with E-state index in [0.717, 1.165) is 16.7 Å². The molecular weight excluding hydrogens is 428 g/mol. The number of pyridine rings is 1. The van der Waals surface area contributed by atoms with Gasteiger partial charge in [0.05, 0.1) is 24.1 Å². The molecular formula is C25H19ClN2O4. The number of hydrogen-bond donors (Lipinski definition) is 0. The van der Waals surface area contributed by atoms with Crippen molar-refractivity contribution in [3.05, 3.63) is 104 Å². The standard InChI is InChI=1S/C25H19ClN2O4/c1-14-9-20-18(11-19(14)26)23(29)21-22(16-6-3-7-17(10-16)31-2)28(25(30)24(21)32-20)13-15-5-4-8-27-12-15/h3-12,22H,13H2,1-2H3/t22-/m1/s1. The van der Waals surface area contributed by atoms with Gasteiger partial charge in [-0.3, -0.25) is 14.6 Å². The summed E-state index contributed by atoms with van der Waals surface area (Å²) in [5.41, 5.74) is 2.75. The van der Waals surface area contributed by atoms with Crippen LogP contribution in [0.4, 0.5) is 0 Å². The summed E-state index contributed by atoms with van der Waals surface area (Å²) in [5, 5.41) is 0.822. The molecule has 6 nitrogen and oxygen atoms in total. The minimum Gasteiger partial charge on any atom is -0.497 e. The van der Waals surface area contributed by atoms with Gasteiger partial charge < -0.3 is 14.1 Å². The van der Waals surface area contributed by atoms with Crippen molar-refractivity contribution in [2.24, 2.45) is 0 Å². The first-order chi connectivity index (χ1) is 15.5. The Labute approximate surface area is 189 Å². The Morgan fingerprint density at radius 1 is 1.16 bits per heavy atom. The molecule has 2 aromatic carbocycles. The van der Waals surface area contributed by atoms with Crippen molar-refractivity contribution in [2.75, 3.05) is 7.11 Å². The zero-order valence-corrected chi connectivity index (χ0v) is 18.2. The Morgan fingerprint density at radius 2 is 2.00 bits per heavy atom. The minimum absolute atomic E-state index is 0.0564. The molecule has 0 radical (unpaired) electrons. The number of aromatic nitrogens is 1. The van der Waals surface area contributed by atoms with Crippen LogP contribution in [-0.4, -0.2) is 22.9 Å². The van der Waals surface area contributed by atoms with Crippen molar-refractivity contribution < 1.29 is 13.9 Å². The number of carbonyl (C=O) groups excluding carboxylic acids is 1. The number of aryl methyl sites for hydroxylation is 1. The van der Waals surface area contributed by atoms with Crippen molar-refractivity contribution in [1.29, 1.82) is 0 Å². The Balaban J connectivity index is 1.75. The molecule has 4 aromatic rings. The summed E-state index contributed by atoms with van der Waals surface area (Å²) in [7, 11) is 1.58. The molecule has 7 heteroatoms. The first-order valence-corrected chi connectivity index (χ1v) is 10.5. The maximum Gasteiger partial charge on any atom is 0.291 e. The van der Waals surface area contributed by atoms with E-state index >= 15 is 0 Å². The zero-order valence-electron chi connectivity index (χ0n) is 17.5. The van der Waals surface area contributed by atoms with Gasteiger partial charge in [-0.2, -0.15) is 0 Å². The molecule has 1 aliphatic heterocycles. The van der Waals surface area contributed by atoms with Crippen LogP contribution >= 0.6 is 11.6 Å². The quantitative estimate of drug-likeness (QED) is 0.445. The molecule has 0 N–H and O–H groups in total. The number of nitrogens with zero attached hydrogens (tertiary/aromatic N) is 2. The van der Waals surface area contributed by atoms with Crippen LogP contribution in [0.1, 0.15) is 38.9 Å². The molecule has 0 saturated carbocycles. The van der Waals surface area contributed by atoms with Gasteiger partial charge in [-0.1, -0.05) is 29.8 Å². The van der Waals surface area contributed by atoms with E-state index in [9.17, 15) is 9.59 Å². The van der Waals surface area contributed by atoms with Crippen LogP contribution in [0.25, 0.3) is 11.0 Å². The number of methoxy groups -OCH3 is 1. The molecule has 1 atom stereocenters. The smallest absolute Gasteiger partial charge is 0.291 e. The predicted octanol–water partition coefficient (Wildman–Crippen LogP) is 4.90. The van der Waals surface area contributed by atoms with E-state index < -0.39 is 6.04 Å². The van der Waals surface area contributed by atoms with E-state index in [-0.39, 0.29) is 23.6 Å². The summed E-state index contributed by atoms with van der Waals surface area (Å²) in [6, 6.07) is 13.7. The molecule has 0 saturated heterocycles. The fourth-order valence-electron chi connectivity index (χ4n) is 4.15. The van der Waals surface area contributed by atoms with Crippen LogP contribution in [0.15, 0.2) is 70.1 Å². The van der Waals surface area contributed by atoms with Gasteiger partial charge >= 0.3 is 0 Å². The SMILES string of the molecule is COc1cccc([C@@H]2c3c(oc4cc(C)c(Cl)cc4c3=O)C(=O)N2Cc2cccnc2)c1. The number of rotatable bonds is 4. The van der Waals surface area contributed by atoms with E-state index in [2.05, 4.69) is 4.98 Å². The number of carbonyl (C=O) groups is 1. The van der Waals surface area contributed by atoms with Gasteiger partial charge in [-0.25, -0.2) is 0 Å². The lowest BCUT2D eigenvalue weighted by Crippen LogP contribution is -2.29. The predicted molar refractivity (Wildman–Crippen MR) is 121 cm³/mol. The molecule has 3 heterocycles. The first kappa shape index (κ1) is 20.3. The maximum atomic E-state index is 13.6. The van der Waals surface area contributed by atoms with Crippen molar-refractivity contribution in [3.63, 3.8) is 0 Å². The van der Waals surface area contributed by atoms with E-state index in [1.165, 1.54) is 0 Å². The molecule has 0 unspecified atom stereocenters. The molecule has 2 aromatic heterocycles. The fraction of sp³-hybridized carbons (Fsp3) is 0.160. The third-order valence-electron chi connectivity index (χ3n) is 5.73. The highest BCUT2D eigenvalue weighted by atomic mass is 35.5. The van der Waals surface area contributed by atoms with Gasteiger partial charge in [0, 0.05) is 24.0 Å². The number of hydrogen-bond acceptors (Lipinski definition) is 5. The number of halogens is 1. The Bertz CT molecular complexity index is 1420. The summed E-state index contributed by atoms with van der Waals surface area (Å²) < 4.78 is 11.4. The van der Waals surface area contributed by atoms with E-state index in [0.29, 0.717) is 27.3 Å². The molecule has 1 aliphatic rings. The summed E-state index contributed by atoms with van der Waals surface area (Å²) >= 11 is 6.29. The molecule has 5 rings (SSSR count). The number of fused-ring (bicyclic) bond motifs is 2. The molecule has 0 fully saturated rings. The maximum absolute atomic E-state index is 13.6. The largest absolute Gasteiger partial charge is 0.497 e. The molecule has 0 spiro atoms. The molecule has 32 heavy (non-hydrogen) atoms. The van der Waals surface area contributed by atoms with E-state index in [1.807, 2.05) is 43.3 Å². The molecule has 1 amide bonds. The zero-order chi connectivity index (χ0) is 22.4. The monoisotopic (exact) mass is 446 g/mol. The van der Waals surface area contributed by atoms with Crippen LogP contribution in [0.5, 0.6) is 5.75 Å². The van der Waals surface area contributed by atoms with Crippen molar-refractivity contribution in [3.8, 4) is 5.75 Å². The topological polar surface area (TPSA) is 72.6 Å². The third kappa shape index (κ3) is 3.24. The average molecular weight is 447 g/mol.